The Hall–Kier alpha value is -7.73. The van der Waals surface area contributed by atoms with Crippen molar-refractivity contribution in [3.05, 3.63) is 149 Å². The van der Waals surface area contributed by atoms with Gasteiger partial charge in [0.05, 0.1) is 31.1 Å². The number of nitrogens with zero attached hydrogens (tertiary/aromatic N) is 9. The van der Waals surface area contributed by atoms with Crippen LogP contribution in [0.2, 0.25) is 10.0 Å². The number of rotatable bonds is 29. The number of ketones is 2. The fraction of sp³-hybridized carbons (Fsp3) is 0.562. The first-order valence-corrected chi connectivity index (χ1v) is 37.5. The molecule has 6 aromatic rings. The lowest BCUT2D eigenvalue weighted by Gasteiger charge is -2.35. The number of hydrogen-bond donors (Lipinski definition) is 4. The number of piperidine rings is 3. The molecule has 3 fully saturated rings. The highest BCUT2D eigenvalue weighted by atomic mass is 35.5. The third kappa shape index (κ3) is 28.3. The van der Waals surface area contributed by atoms with Crippen molar-refractivity contribution in [2.24, 2.45) is 5.41 Å². The number of hydrogen-bond acceptors (Lipinski definition) is 16. The average molecular weight is 1480 g/mol. The van der Waals surface area contributed by atoms with E-state index in [0.717, 1.165) is 89.9 Å². The molecule has 3 saturated heterocycles. The number of benzene rings is 3. The number of amides is 3. The molecule has 3 amide bonds. The number of aromatic nitrogens is 6. The van der Waals surface area contributed by atoms with Gasteiger partial charge < -0.3 is 40.5 Å². The molecule has 0 unspecified atom stereocenters. The summed E-state index contributed by atoms with van der Waals surface area (Å²) < 4.78 is 9.49. The number of Topliss-reactive ketones (excluding diaryl/α,β-unsaturated/α-hetero) is 2. The fourth-order valence-electron chi connectivity index (χ4n) is 12.9. The molecule has 3 aliphatic rings. The van der Waals surface area contributed by atoms with E-state index in [9.17, 15) is 43.5 Å². The second-order valence-electron chi connectivity index (χ2n) is 30.3. The number of ether oxygens (including phenoxy) is 1. The van der Waals surface area contributed by atoms with Crippen molar-refractivity contribution in [3.63, 3.8) is 0 Å². The van der Waals surface area contributed by atoms with E-state index in [1.54, 1.807) is 66.4 Å². The van der Waals surface area contributed by atoms with Crippen LogP contribution in [0.4, 0.5) is 0 Å². The van der Waals surface area contributed by atoms with Crippen LogP contribution in [0.15, 0.2) is 106 Å². The first-order valence-electron chi connectivity index (χ1n) is 36.7. The topological polar surface area (TPSA) is 265 Å². The number of unbranched alkanes of at least 4 members (excludes halogenated alkanes) is 2. The van der Waals surface area contributed by atoms with Gasteiger partial charge in [0, 0.05) is 96.6 Å². The van der Waals surface area contributed by atoms with Crippen LogP contribution in [0, 0.1) is 5.41 Å². The van der Waals surface area contributed by atoms with Gasteiger partial charge in [-0.15, -0.1) is 0 Å². The van der Waals surface area contributed by atoms with Gasteiger partial charge in [-0.2, -0.15) is 0 Å². The predicted molar refractivity (Wildman–Crippen MR) is 417 cm³/mol. The maximum atomic E-state index is 13.4. The lowest BCUT2D eigenvalue weighted by atomic mass is 9.90. The average Bonchev–Trinajstić information content (AvgIpc) is 0.816. The number of carbonyl (C=O) groups excluding carboxylic acids is 5. The summed E-state index contributed by atoms with van der Waals surface area (Å²) in [5.41, 5.74) is 0.976. The highest BCUT2D eigenvalue weighted by Gasteiger charge is 2.28. The predicted octanol–water partition coefficient (Wildman–Crippen LogP) is 11.9. The summed E-state index contributed by atoms with van der Waals surface area (Å²) in [4.78, 5) is 124. The summed E-state index contributed by atoms with van der Waals surface area (Å²) in [6, 6.07) is 21.4. The second kappa shape index (κ2) is 41.2. The van der Waals surface area contributed by atoms with Crippen LogP contribution in [0.25, 0.3) is 34.0 Å². The Labute approximate surface area is 626 Å². The Morgan fingerprint density at radius 2 is 1.16 bits per heavy atom. The summed E-state index contributed by atoms with van der Waals surface area (Å²) >= 11 is 12.3. The molecule has 0 atom stereocenters. The molecule has 3 aromatic carbocycles. The van der Waals surface area contributed by atoms with Gasteiger partial charge in [-0.25, -0.2) is 9.97 Å². The van der Waals surface area contributed by atoms with Crippen molar-refractivity contribution in [3.8, 4) is 39.8 Å². The third-order valence-corrected chi connectivity index (χ3v) is 18.6. The van der Waals surface area contributed by atoms with Crippen molar-refractivity contribution in [2.45, 2.75) is 216 Å². The fourth-order valence-corrected chi connectivity index (χ4v) is 13.3. The number of halogens is 2. The Morgan fingerprint density at radius 1 is 0.615 bits per heavy atom. The molecule has 0 aliphatic carbocycles. The molecular weight excluding hydrogens is 1360 g/mol. The van der Waals surface area contributed by atoms with E-state index in [1.165, 1.54) is 73.1 Å². The maximum Gasteiger partial charge on any atom is 0.273 e. The highest BCUT2D eigenvalue weighted by molar-refractivity contribution is 6.31. The maximum absolute atomic E-state index is 13.4. The zero-order valence-electron chi connectivity index (χ0n) is 62.4. The van der Waals surface area contributed by atoms with Crippen LogP contribution in [-0.2, 0) is 51.7 Å². The lowest BCUT2D eigenvalue weighted by molar-refractivity contribution is -0.123. The molecule has 0 bridgehead atoms. The van der Waals surface area contributed by atoms with Gasteiger partial charge in [0.15, 0.2) is 5.78 Å². The quantitative estimate of drug-likeness (QED) is 0.0318. The molecule has 0 saturated carbocycles. The van der Waals surface area contributed by atoms with Crippen molar-refractivity contribution in [2.75, 3.05) is 72.6 Å². The smallest absolute Gasteiger partial charge is 0.273 e. The van der Waals surface area contributed by atoms with E-state index < -0.39 is 28.2 Å². The van der Waals surface area contributed by atoms with E-state index in [4.69, 9.17) is 27.9 Å². The summed E-state index contributed by atoms with van der Waals surface area (Å²) in [5, 5.41) is 19.7. The number of carbonyl (C=O) groups is 5. The molecule has 0 radical (unpaired) electrons. The van der Waals surface area contributed by atoms with Gasteiger partial charge >= 0.3 is 0 Å². The number of likely N-dealkylation sites (tertiary alicyclic amines) is 3. The molecule has 570 valence electrons. The summed E-state index contributed by atoms with van der Waals surface area (Å²) in [7, 11) is 1.61. The number of aliphatic hydroxyl groups is 1. The normalized spacial score (nSPS) is 14.9. The molecule has 6 heterocycles. The number of methoxy groups -OCH3 is 1. The third-order valence-electron chi connectivity index (χ3n) is 18.2. The summed E-state index contributed by atoms with van der Waals surface area (Å²) in [5.74, 6) is 0.216. The van der Waals surface area contributed by atoms with Gasteiger partial charge in [-0.1, -0.05) is 107 Å². The number of aryl methyl sites for hydroxylation is 1. The summed E-state index contributed by atoms with van der Waals surface area (Å²) in [6.45, 7) is 26.4. The van der Waals surface area contributed by atoms with Gasteiger partial charge in [-0.05, 0) is 200 Å². The van der Waals surface area contributed by atoms with Gasteiger partial charge in [0.2, 0.25) is 11.8 Å². The minimum atomic E-state index is -0.597. The van der Waals surface area contributed by atoms with E-state index >= 15 is 0 Å². The molecule has 9 rings (SSSR count). The van der Waals surface area contributed by atoms with E-state index in [1.807, 2.05) is 86.6 Å². The Balaban J connectivity index is 0.000000280. The minimum Gasteiger partial charge on any atom is -0.497 e. The van der Waals surface area contributed by atoms with Crippen LogP contribution in [-0.4, -0.2) is 167 Å². The first kappa shape index (κ1) is 85.2. The van der Waals surface area contributed by atoms with Gasteiger partial charge in [0.25, 0.3) is 22.6 Å². The highest BCUT2D eigenvalue weighted by Crippen LogP contribution is 2.27. The molecule has 104 heavy (non-hydrogen) atoms. The van der Waals surface area contributed by atoms with Crippen molar-refractivity contribution < 1.29 is 35.2 Å². The number of nitrogens with one attached hydrogen (secondary N) is 3. The van der Waals surface area contributed by atoms with Crippen LogP contribution < -0.4 is 37.4 Å². The minimum absolute atomic E-state index is 0. The second-order valence-corrected chi connectivity index (χ2v) is 31.2. The van der Waals surface area contributed by atoms with Crippen LogP contribution in [0.1, 0.15) is 189 Å². The van der Waals surface area contributed by atoms with Crippen molar-refractivity contribution >= 4 is 52.5 Å². The van der Waals surface area contributed by atoms with Crippen molar-refractivity contribution in [1.82, 2.24) is 59.3 Å². The molecule has 24 heteroatoms. The zero-order chi connectivity index (χ0) is 74.9. The molecule has 0 spiro atoms. The monoisotopic (exact) mass is 1470 g/mol. The molecule has 4 N–H and O–H groups in total. The van der Waals surface area contributed by atoms with E-state index in [-0.39, 0.29) is 86.4 Å². The Kier molecular flexibility index (Phi) is 33.8. The molecule has 3 aliphatic heterocycles. The molecule has 22 nitrogen and oxygen atoms in total. The lowest BCUT2D eigenvalue weighted by Crippen LogP contribution is -2.44. The van der Waals surface area contributed by atoms with Gasteiger partial charge in [-0.3, -0.25) is 57.0 Å². The van der Waals surface area contributed by atoms with E-state index in [0.29, 0.717) is 82.2 Å². The standard InChI is InChI=1S/C27H37ClN4O4.C26H35ClN4O3.C26H38N4O3.CH4.H2/c1-26(2,3)30-23(34)18-32-24(19-7-5-8-21(28)15-19)29-17-20(25(32)35)16-22(33)9-6-12-31-13-10-27(4,36)11-14-31;1-26(2,3)16-21(32)18-31-23(19-9-7-10-20(27)15-19)29-17-22(25(31)34)24(33)28-11-8-14-30-12-5-4-6-13-30;1-20(2)28-25(31)19-30-24(21-11-10-12-22(17-21)33-3)18-27-23(26(30)32)13-6-4-7-14-29-15-8-5-9-16-29;;/h5,7-8,15,17,36H,6,9-14,16,18H2,1-4H3,(H,30,34);7,9-10,15,17H,4-6,8,11-14,16,18H2,1-3H3,(H,28,33);10-12,17-18,20H,4-9,13-16,19H2,1-3H3,(H,28,31);1H4;1H. The zero-order valence-corrected chi connectivity index (χ0v) is 63.9. The largest absolute Gasteiger partial charge is 0.497 e. The van der Waals surface area contributed by atoms with Crippen molar-refractivity contribution in [1.29, 1.82) is 0 Å². The van der Waals surface area contributed by atoms with Crippen LogP contribution in [0.3, 0.4) is 0 Å². The van der Waals surface area contributed by atoms with Crippen LogP contribution in [0.5, 0.6) is 5.75 Å². The van der Waals surface area contributed by atoms with Crippen LogP contribution >= 0.6 is 23.2 Å². The summed E-state index contributed by atoms with van der Waals surface area (Å²) in [6.07, 6.45) is 19.5. The Bertz CT molecular complexity index is 3990. The Morgan fingerprint density at radius 3 is 1.74 bits per heavy atom. The van der Waals surface area contributed by atoms with Gasteiger partial charge in [0.1, 0.15) is 47.5 Å². The first-order chi connectivity index (χ1) is 48.9. The molecule has 3 aromatic heterocycles. The SMILES string of the molecule is C.CC(C)(C)CC(=O)Cn1c(-c2cccc(Cl)c2)ncc(C(=O)NCCCN2CCCCC2)c1=O.CC1(O)CCN(CCCC(=O)Cc2cnc(-c3cccc(Cl)c3)n(CC(=O)NC(C)(C)C)c2=O)CC1.COc1cccc(-c2cnc(CCCCCN3CCCCC3)c(=O)n2CC(=O)NC(C)C)c1.[HH]. The molecular formula is C80H116Cl2N12O10. The van der Waals surface area contributed by atoms with E-state index in [2.05, 4.69) is 45.6 Å².